The SMILES string of the molecule is CCOC(=O)c1nc2n(c(=O)c1OC(=O)c1ccccc1)CC1CCC(C1)C2N(C)C(=O)OCc1ccccc1. The summed E-state index contributed by atoms with van der Waals surface area (Å²) in [4.78, 5) is 59.0. The number of rotatable bonds is 7. The first-order valence-corrected chi connectivity index (χ1v) is 13.4. The Kier molecular flexibility index (Phi) is 7.95. The number of aromatic nitrogens is 2. The molecule has 1 amide bonds. The molecule has 0 spiro atoms. The maximum Gasteiger partial charge on any atom is 0.410 e. The number of carbonyl (C=O) groups is 3. The minimum Gasteiger partial charge on any atom is -0.461 e. The van der Waals surface area contributed by atoms with Crippen LogP contribution in [0.5, 0.6) is 5.75 Å². The number of ether oxygens (including phenoxy) is 3. The maximum atomic E-state index is 13.9. The Hall–Kier alpha value is -4.47. The average Bonchev–Trinajstić information content (AvgIpc) is 3.36. The second-order valence-corrected chi connectivity index (χ2v) is 10.1. The summed E-state index contributed by atoms with van der Waals surface area (Å²) in [5.74, 6) is -1.73. The molecular formula is C30H31N3O7. The van der Waals surface area contributed by atoms with Gasteiger partial charge >= 0.3 is 18.0 Å². The molecular weight excluding hydrogens is 514 g/mol. The number of carbonyl (C=O) groups excluding carboxylic acids is 3. The van der Waals surface area contributed by atoms with Gasteiger partial charge in [0.1, 0.15) is 12.4 Å². The van der Waals surface area contributed by atoms with Gasteiger partial charge in [-0.15, -0.1) is 0 Å². The van der Waals surface area contributed by atoms with Gasteiger partial charge in [0, 0.05) is 13.6 Å². The third kappa shape index (κ3) is 5.47. The predicted octanol–water partition coefficient (Wildman–Crippen LogP) is 4.38. The van der Waals surface area contributed by atoms with Gasteiger partial charge in [0.2, 0.25) is 5.75 Å². The molecule has 2 heterocycles. The van der Waals surface area contributed by atoms with Gasteiger partial charge in [-0.2, -0.15) is 0 Å². The van der Waals surface area contributed by atoms with E-state index in [1.165, 1.54) is 9.47 Å². The maximum absolute atomic E-state index is 13.9. The summed E-state index contributed by atoms with van der Waals surface area (Å²) in [7, 11) is 1.61. The van der Waals surface area contributed by atoms with E-state index in [0.717, 1.165) is 24.8 Å². The molecule has 3 atom stereocenters. The molecule has 2 aromatic carbocycles. The number of amides is 1. The van der Waals surface area contributed by atoms with Crippen LogP contribution in [0.4, 0.5) is 4.79 Å². The Labute approximate surface area is 231 Å². The van der Waals surface area contributed by atoms with E-state index in [9.17, 15) is 19.2 Å². The molecule has 0 radical (unpaired) electrons. The summed E-state index contributed by atoms with van der Waals surface area (Å²) >= 11 is 0. The number of benzene rings is 2. The van der Waals surface area contributed by atoms with Crippen LogP contribution < -0.4 is 10.3 Å². The second-order valence-electron chi connectivity index (χ2n) is 10.1. The molecule has 1 aliphatic carbocycles. The molecule has 208 valence electrons. The third-order valence-electron chi connectivity index (χ3n) is 7.47. The molecule has 10 nitrogen and oxygen atoms in total. The lowest BCUT2D eigenvalue weighted by Gasteiger charge is -2.32. The van der Waals surface area contributed by atoms with Crippen LogP contribution in [-0.4, -0.2) is 46.1 Å². The Morgan fingerprint density at radius 2 is 1.68 bits per heavy atom. The lowest BCUT2D eigenvalue weighted by atomic mass is 9.96. The molecule has 2 aliphatic rings. The molecule has 3 aromatic rings. The van der Waals surface area contributed by atoms with Gasteiger partial charge in [-0.1, -0.05) is 48.5 Å². The van der Waals surface area contributed by atoms with Crippen molar-refractivity contribution < 1.29 is 28.6 Å². The van der Waals surface area contributed by atoms with Gasteiger partial charge < -0.3 is 19.1 Å². The van der Waals surface area contributed by atoms with Crippen LogP contribution in [0.25, 0.3) is 0 Å². The minimum absolute atomic E-state index is 0.00712. The van der Waals surface area contributed by atoms with Crippen molar-refractivity contribution in [3.8, 4) is 5.75 Å². The summed E-state index contributed by atoms with van der Waals surface area (Å²) in [6, 6.07) is 16.9. The van der Waals surface area contributed by atoms with Crippen molar-refractivity contribution in [1.29, 1.82) is 0 Å². The molecule has 1 aromatic heterocycles. The zero-order chi connectivity index (χ0) is 28.2. The fraction of sp³-hybridized carbons (Fsp3) is 0.367. The van der Waals surface area contributed by atoms with Crippen molar-refractivity contribution in [2.24, 2.45) is 11.8 Å². The summed E-state index contributed by atoms with van der Waals surface area (Å²) in [6.45, 7) is 2.08. The summed E-state index contributed by atoms with van der Waals surface area (Å²) < 4.78 is 17.7. The van der Waals surface area contributed by atoms with E-state index in [1.54, 1.807) is 44.3 Å². The normalized spacial score (nSPS) is 19.2. The quantitative estimate of drug-likeness (QED) is 0.402. The molecule has 3 unspecified atom stereocenters. The van der Waals surface area contributed by atoms with Crippen molar-refractivity contribution in [3.05, 3.63) is 93.7 Å². The molecule has 1 aliphatic heterocycles. The van der Waals surface area contributed by atoms with E-state index < -0.39 is 41.1 Å². The molecule has 0 N–H and O–H groups in total. The lowest BCUT2D eigenvalue weighted by molar-refractivity contribution is 0.0509. The van der Waals surface area contributed by atoms with Crippen molar-refractivity contribution in [3.63, 3.8) is 0 Å². The first-order chi connectivity index (χ1) is 19.4. The van der Waals surface area contributed by atoms with Gasteiger partial charge in [-0.25, -0.2) is 19.4 Å². The summed E-state index contributed by atoms with van der Waals surface area (Å²) in [5.41, 5.74) is 0.00175. The monoisotopic (exact) mass is 545 g/mol. The average molecular weight is 546 g/mol. The van der Waals surface area contributed by atoms with Gasteiger partial charge in [-0.05, 0) is 55.7 Å². The Balaban J connectivity index is 1.54. The van der Waals surface area contributed by atoms with Gasteiger partial charge in [0.05, 0.1) is 18.2 Å². The van der Waals surface area contributed by atoms with Crippen molar-refractivity contribution in [2.75, 3.05) is 13.7 Å². The van der Waals surface area contributed by atoms with E-state index in [0.29, 0.717) is 6.54 Å². The Morgan fingerprint density at radius 3 is 2.38 bits per heavy atom. The third-order valence-corrected chi connectivity index (χ3v) is 7.47. The van der Waals surface area contributed by atoms with Crippen molar-refractivity contribution >= 4 is 18.0 Å². The molecule has 1 saturated carbocycles. The van der Waals surface area contributed by atoms with Crippen LogP contribution in [0.2, 0.25) is 0 Å². The van der Waals surface area contributed by atoms with Crippen LogP contribution >= 0.6 is 0 Å². The van der Waals surface area contributed by atoms with E-state index in [4.69, 9.17) is 14.2 Å². The first kappa shape index (κ1) is 27.1. The highest BCUT2D eigenvalue weighted by molar-refractivity contribution is 5.94. The molecule has 40 heavy (non-hydrogen) atoms. The number of nitrogens with zero attached hydrogens (tertiary/aromatic N) is 3. The standard InChI is InChI=1S/C30H31N3O7/c1-3-38-29(36)23-25(40-28(35)21-12-8-5-9-13-21)27(34)33-17-20-14-15-22(16-20)24(26(33)31-23)32(2)30(37)39-18-19-10-6-4-7-11-19/h4-13,20,22,24H,3,14-18H2,1-2H3. The van der Waals surface area contributed by atoms with E-state index in [2.05, 4.69) is 4.98 Å². The largest absolute Gasteiger partial charge is 0.461 e. The molecule has 2 bridgehead atoms. The number of esters is 2. The zero-order valence-electron chi connectivity index (χ0n) is 22.4. The summed E-state index contributed by atoms with van der Waals surface area (Å²) in [5, 5.41) is 0. The highest BCUT2D eigenvalue weighted by Crippen LogP contribution is 2.45. The second kappa shape index (κ2) is 11.7. The van der Waals surface area contributed by atoms with Crippen LogP contribution in [-0.2, 0) is 22.6 Å². The van der Waals surface area contributed by atoms with E-state index >= 15 is 0 Å². The highest BCUT2D eigenvalue weighted by atomic mass is 16.6. The van der Waals surface area contributed by atoms with E-state index in [1.807, 2.05) is 30.3 Å². The molecule has 5 rings (SSSR count). The van der Waals surface area contributed by atoms with Crippen LogP contribution in [0.15, 0.2) is 65.5 Å². The van der Waals surface area contributed by atoms with Crippen LogP contribution in [0, 0.1) is 11.8 Å². The van der Waals surface area contributed by atoms with E-state index in [-0.39, 0.29) is 36.4 Å². The van der Waals surface area contributed by atoms with Crippen molar-refractivity contribution in [1.82, 2.24) is 14.5 Å². The highest BCUT2D eigenvalue weighted by Gasteiger charge is 2.43. The van der Waals surface area contributed by atoms with Gasteiger partial charge in [0.15, 0.2) is 5.69 Å². The topological polar surface area (TPSA) is 117 Å². The molecule has 1 fully saturated rings. The van der Waals surface area contributed by atoms with Crippen LogP contribution in [0.3, 0.4) is 0 Å². The minimum atomic E-state index is -0.888. The van der Waals surface area contributed by atoms with Crippen LogP contribution in [0.1, 0.15) is 64.5 Å². The predicted molar refractivity (Wildman–Crippen MR) is 144 cm³/mol. The Morgan fingerprint density at radius 1 is 0.975 bits per heavy atom. The number of hydrogen-bond acceptors (Lipinski definition) is 8. The lowest BCUT2D eigenvalue weighted by Crippen LogP contribution is -2.40. The van der Waals surface area contributed by atoms with Gasteiger partial charge in [-0.3, -0.25) is 9.36 Å². The fourth-order valence-corrected chi connectivity index (χ4v) is 5.57. The molecule has 10 heteroatoms. The number of fused-ring (bicyclic) bond motifs is 3. The first-order valence-electron chi connectivity index (χ1n) is 13.4. The smallest absolute Gasteiger partial charge is 0.410 e. The van der Waals surface area contributed by atoms with Gasteiger partial charge in [0.25, 0.3) is 5.56 Å². The summed E-state index contributed by atoms with van der Waals surface area (Å²) in [6.07, 6.45) is 1.91. The zero-order valence-corrected chi connectivity index (χ0v) is 22.4. The Bertz CT molecular complexity index is 1460. The number of hydrogen-bond donors (Lipinski definition) is 0. The molecule has 0 saturated heterocycles. The fourth-order valence-electron chi connectivity index (χ4n) is 5.57. The van der Waals surface area contributed by atoms with Crippen molar-refractivity contribution in [2.45, 2.75) is 45.4 Å².